The van der Waals surface area contributed by atoms with Crippen molar-refractivity contribution in [2.75, 3.05) is 19.8 Å². The van der Waals surface area contributed by atoms with Crippen molar-refractivity contribution in [3.8, 4) is 0 Å². The van der Waals surface area contributed by atoms with Gasteiger partial charge in [0.05, 0.1) is 25.9 Å². The molecule has 0 amide bonds. The Morgan fingerprint density at radius 1 is 0.810 bits per heavy atom. The zero-order valence-electron chi connectivity index (χ0n) is 11.0. The molecule has 0 saturated heterocycles. The lowest BCUT2D eigenvalue weighted by Gasteiger charge is -2.28. The summed E-state index contributed by atoms with van der Waals surface area (Å²) in [6.45, 7) is -2.07. The predicted octanol–water partition coefficient (Wildman–Crippen LogP) is -5.90. The molecule has 0 aliphatic rings. The fraction of sp³-hybridized carbons (Fsp3) is 1.00. The number of aliphatic hydroxyl groups excluding tert-OH is 8. The Balaban J connectivity index is 4.27. The summed E-state index contributed by atoms with van der Waals surface area (Å²) < 4.78 is 8.77. The molecule has 0 spiro atoms. The second kappa shape index (κ2) is 10.4. The molecule has 0 fully saturated rings. The van der Waals surface area contributed by atoms with Crippen molar-refractivity contribution >= 4 is 7.32 Å². The standard InChI is InChI=1S/C9H21BO11/c11-1-4(13)3-20-10(19)21-9(18)8(17)7(16)6(15)5(14)2-12/h4-9,11-19H,1-3H2/t4?,5-,6-,7+,8-,9?/m1/s1. The number of hydrogen-bond acceptors (Lipinski definition) is 11. The number of rotatable bonds is 11. The molecule has 0 aromatic heterocycles. The Kier molecular flexibility index (Phi) is 10.2. The van der Waals surface area contributed by atoms with E-state index in [1.165, 1.54) is 0 Å². The SMILES string of the molecule is OCC(O)COB(O)OC(O)[C@H](O)[C@@H](O)[C@H](O)[C@H](O)CO. The van der Waals surface area contributed by atoms with Gasteiger partial charge in [-0.1, -0.05) is 0 Å². The van der Waals surface area contributed by atoms with E-state index in [4.69, 9.17) is 25.5 Å². The van der Waals surface area contributed by atoms with E-state index in [2.05, 4.69) is 9.31 Å². The van der Waals surface area contributed by atoms with Gasteiger partial charge in [0.25, 0.3) is 0 Å². The lowest BCUT2D eigenvalue weighted by molar-refractivity contribution is -0.191. The normalized spacial score (nSPS) is 20.4. The molecular weight excluding hydrogens is 295 g/mol. The Morgan fingerprint density at radius 2 is 1.38 bits per heavy atom. The Hall–Kier alpha value is -0.375. The summed E-state index contributed by atoms with van der Waals surface area (Å²) in [5.41, 5.74) is 0. The van der Waals surface area contributed by atoms with E-state index in [0.29, 0.717) is 0 Å². The summed E-state index contributed by atoms with van der Waals surface area (Å²) >= 11 is 0. The molecule has 6 atom stereocenters. The van der Waals surface area contributed by atoms with Gasteiger partial charge >= 0.3 is 7.32 Å². The highest BCUT2D eigenvalue weighted by Gasteiger charge is 2.36. The number of aliphatic hydroxyl groups is 8. The second-order valence-electron chi connectivity index (χ2n) is 4.23. The van der Waals surface area contributed by atoms with Gasteiger partial charge in [-0.2, -0.15) is 0 Å². The molecule has 0 saturated carbocycles. The smallest absolute Gasteiger partial charge is 0.402 e. The van der Waals surface area contributed by atoms with Gasteiger partial charge in [-0.05, 0) is 0 Å². The quantitative estimate of drug-likeness (QED) is 0.130. The molecule has 11 nitrogen and oxygen atoms in total. The Morgan fingerprint density at radius 3 is 1.86 bits per heavy atom. The van der Waals surface area contributed by atoms with Crippen LogP contribution in [0.3, 0.4) is 0 Å². The summed E-state index contributed by atoms with van der Waals surface area (Å²) in [4.78, 5) is 0. The Labute approximate surface area is 120 Å². The average Bonchev–Trinajstić information content (AvgIpc) is 2.49. The van der Waals surface area contributed by atoms with Crippen LogP contribution in [0.1, 0.15) is 0 Å². The second-order valence-corrected chi connectivity index (χ2v) is 4.23. The van der Waals surface area contributed by atoms with Crippen LogP contribution in [0.25, 0.3) is 0 Å². The summed E-state index contributed by atoms with van der Waals surface area (Å²) in [7, 11) is -2.09. The summed E-state index contributed by atoms with van der Waals surface area (Å²) in [5.74, 6) is 0. The van der Waals surface area contributed by atoms with Gasteiger partial charge in [-0.15, -0.1) is 0 Å². The van der Waals surface area contributed by atoms with E-state index in [-0.39, 0.29) is 0 Å². The average molecular weight is 316 g/mol. The minimum Gasteiger partial charge on any atom is -0.402 e. The van der Waals surface area contributed by atoms with Gasteiger partial charge in [0.1, 0.15) is 24.4 Å². The molecule has 12 heteroatoms. The van der Waals surface area contributed by atoms with Crippen LogP contribution in [-0.2, 0) is 9.31 Å². The van der Waals surface area contributed by atoms with Crippen molar-refractivity contribution in [3.63, 3.8) is 0 Å². The van der Waals surface area contributed by atoms with Crippen LogP contribution >= 0.6 is 0 Å². The molecule has 9 N–H and O–H groups in total. The molecule has 0 aromatic carbocycles. The monoisotopic (exact) mass is 316 g/mol. The highest BCUT2D eigenvalue weighted by molar-refractivity contribution is 6.34. The zero-order chi connectivity index (χ0) is 16.6. The summed E-state index contributed by atoms with van der Waals surface area (Å²) in [5, 5.41) is 81.7. The highest BCUT2D eigenvalue weighted by atomic mass is 16.7. The third-order valence-electron chi connectivity index (χ3n) is 2.47. The highest BCUT2D eigenvalue weighted by Crippen LogP contribution is 2.10. The molecule has 21 heavy (non-hydrogen) atoms. The fourth-order valence-electron chi connectivity index (χ4n) is 1.19. The lowest BCUT2D eigenvalue weighted by Crippen LogP contribution is -2.51. The lowest BCUT2D eigenvalue weighted by atomic mass is 10.0. The molecule has 2 unspecified atom stereocenters. The zero-order valence-corrected chi connectivity index (χ0v) is 11.0. The largest absolute Gasteiger partial charge is 0.638 e. The fourth-order valence-corrected chi connectivity index (χ4v) is 1.19. The molecule has 0 heterocycles. The molecule has 0 aliphatic carbocycles. The van der Waals surface area contributed by atoms with Crippen molar-refractivity contribution in [2.45, 2.75) is 36.8 Å². The molecule has 0 aliphatic heterocycles. The van der Waals surface area contributed by atoms with Crippen LogP contribution in [0.2, 0.25) is 0 Å². The van der Waals surface area contributed by atoms with Gasteiger partial charge in [-0.3, -0.25) is 0 Å². The van der Waals surface area contributed by atoms with Crippen LogP contribution in [-0.4, -0.2) is 110 Å². The molecule has 0 rings (SSSR count). The van der Waals surface area contributed by atoms with Gasteiger partial charge < -0.3 is 55.2 Å². The molecule has 126 valence electrons. The molecule has 0 radical (unpaired) electrons. The van der Waals surface area contributed by atoms with Crippen molar-refractivity contribution in [1.82, 2.24) is 0 Å². The first-order chi connectivity index (χ1) is 9.74. The Bertz CT molecular complexity index is 270. The predicted molar refractivity (Wildman–Crippen MR) is 65.2 cm³/mol. The van der Waals surface area contributed by atoms with E-state index in [1.807, 2.05) is 0 Å². The maximum atomic E-state index is 9.44. The molecule has 0 bridgehead atoms. The van der Waals surface area contributed by atoms with Gasteiger partial charge in [-0.25, -0.2) is 0 Å². The van der Waals surface area contributed by atoms with Crippen LogP contribution in [0, 0.1) is 0 Å². The maximum absolute atomic E-state index is 9.44. The topological polar surface area (TPSA) is 201 Å². The van der Waals surface area contributed by atoms with Crippen LogP contribution in [0.15, 0.2) is 0 Å². The van der Waals surface area contributed by atoms with Crippen LogP contribution in [0.4, 0.5) is 0 Å². The minimum atomic E-state index is -2.21. The van der Waals surface area contributed by atoms with Gasteiger partial charge in [0, 0.05) is 0 Å². The van der Waals surface area contributed by atoms with Gasteiger partial charge in [0.15, 0.2) is 6.29 Å². The van der Waals surface area contributed by atoms with Gasteiger partial charge in [0.2, 0.25) is 0 Å². The molecule has 0 aromatic rings. The first-order valence-corrected chi connectivity index (χ1v) is 5.99. The van der Waals surface area contributed by atoms with E-state index in [0.717, 1.165) is 0 Å². The van der Waals surface area contributed by atoms with Crippen molar-refractivity contribution < 1.29 is 55.2 Å². The summed E-state index contributed by atoms with van der Waals surface area (Å²) in [6, 6.07) is 0. The van der Waals surface area contributed by atoms with E-state index < -0.39 is 64.0 Å². The van der Waals surface area contributed by atoms with Crippen molar-refractivity contribution in [2.24, 2.45) is 0 Å². The third-order valence-corrected chi connectivity index (χ3v) is 2.47. The van der Waals surface area contributed by atoms with E-state index in [1.54, 1.807) is 0 Å². The van der Waals surface area contributed by atoms with Crippen LogP contribution < -0.4 is 0 Å². The van der Waals surface area contributed by atoms with Crippen LogP contribution in [0.5, 0.6) is 0 Å². The number of hydrogen-bond donors (Lipinski definition) is 9. The summed E-state index contributed by atoms with van der Waals surface area (Å²) in [6.07, 6.45) is -11.5. The third kappa shape index (κ3) is 7.44. The first-order valence-electron chi connectivity index (χ1n) is 5.99. The maximum Gasteiger partial charge on any atom is 0.638 e. The van der Waals surface area contributed by atoms with Crippen molar-refractivity contribution in [1.29, 1.82) is 0 Å². The van der Waals surface area contributed by atoms with Crippen molar-refractivity contribution in [3.05, 3.63) is 0 Å². The first kappa shape index (κ1) is 20.6. The van der Waals surface area contributed by atoms with E-state index >= 15 is 0 Å². The minimum absolute atomic E-state index is 0.533. The molecular formula is C9H21BO11. The van der Waals surface area contributed by atoms with E-state index in [9.17, 15) is 20.4 Å².